The van der Waals surface area contributed by atoms with E-state index in [2.05, 4.69) is 20.6 Å². The Hall–Kier alpha value is -2.44. The molecule has 7 heteroatoms. The van der Waals surface area contributed by atoms with Crippen LogP contribution in [0.2, 0.25) is 0 Å². The van der Waals surface area contributed by atoms with Gasteiger partial charge in [-0.05, 0) is 38.5 Å². The zero-order valence-corrected chi connectivity index (χ0v) is 13.1. The van der Waals surface area contributed by atoms with E-state index in [0.29, 0.717) is 18.1 Å². The van der Waals surface area contributed by atoms with E-state index in [1.807, 2.05) is 26.8 Å². The molecule has 0 aliphatic heterocycles. The van der Waals surface area contributed by atoms with Crippen LogP contribution < -0.4 is 5.32 Å². The van der Waals surface area contributed by atoms with Gasteiger partial charge in [0.2, 0.25) is 0 Å². The molecule has 0 radical (unpaired) electrons. The van der Waals surface area contributed by atoms with Crippen LogP contribution in [0, 0.1) is 13.8 Å². The number of aliphatic carboxylic acids is 1. The summed E-state index contributed by atoms with van der Waals surface area (Å²) >= 11 is 0. The van der Waals surface area contributed by atoms with Gasteiger partial charge < -0.3 is 10.4 Å². The topological polar surface area (TPSA) is 92.9 Å². The number of carbonyl (C=O) groups is 1. The number of rotatable bonds is 7. The third-order valence-corrected chi connectivity index (χ3v) is 3.34. The molecule has 0 bridgehead atoms. The second-order valence-electron chi connectivity index (χ2n) is 5.29. The number of aromatic nitrogens is 4. The fraction of sp³-hybridized carbons (Fsp3) is 0.467. The summed E-state index contributed by atoms with van der Waals surface area (Å²) in [4.78, 5) is 11.2. The molecule has 1 atom stereocenters. The van der Waals surface area contributed by atoms with Crippen LogP contribution in [0.5, 0.6) is 0 Å². The molecule has 0 amide bonds. The van der Waals surface area contributed by atoms with E-state index in [-0.39, 0.29) is 0 Å². The van der Waals surface area contributed by atoms with E-state index in [1.54, 1.807) is 16.8 Å². The van der Waals surface area contributed by atoms with Crippen molar-refractivity contribution in [2.24, 2.45) is 0 Å². The van der Waals surface area contributed by atoms with E-state index in [0.717, 1.165) is 24.2 Å². The van der Waals surface area contributed by atoms with Crippen LogP contribution in [0.25, 0.3) is 5.82 Å². The smallest absolute Gasteiger partial charge is 0.326 e. The number of unbranched alkanes of at least 4 members (excludes halogenated alkanes) is 1. The van der Waals surface area contributed by atoms with Crippen molar-refractivity contribution in [3.63, 3.8) is 0 Å². The SMILES string of the molecule is CCCC[C@H](Nc1ccc(-n2nc(C)cc2C)nn1)C(=O)O. The molecule has 0 unspecified atom stereocenters. The van der Waals surface area contributed by atoms with Gasteiger partial charge in [-0.3, -0.25) is 0 Å². The Balaban J connectivity index is 2.11. The minimum Gasteiger partial charge on any atom is -0.480 e. The average Bonchev–Trinajstić information content (AvgIpc) is 2.82. The highest BCUT2D eigenvalue weighted by Crippen LogP contribution is 2.12. The number of carboxylic acid groups (broad SMARTS) is 1. The minimum atomic E-state index is -0.877. The number of anilines is 1. The van der Waals surface area contributed by atoms with Crippen molar-refractivity contribution in [1.82, 2.24) is 20.0 Å². The molecular formula is C15H21N5O2. The summed E-state index contributed by atoms with van der Waals surface area (Å²) in [6.07, 6.45) is 2.36. The summed E-state index contributed by atoms with van der Waals surface area (Å²) in [5.74, 6) is 0.184. The zero-order valence-electron chi connectivity index (χ0n) is 13.1. The van der Waals surface area contributed by atoms with Crippen molar-refractivity contribution in [3.05, 3.63) is 29.6 Å². The number of nitrogens with one attached hydrogen (secondary N) is 1. The molecule has 2 N–H and O–H groups in total. The maximum absolute atomic E-state index is 11.2. The van der Waals surface area contributed by atoms with Gasteiger partial charge in [0.15, 0.2) is 5.82 Å². The standard InChI is InChI=1S/C15H21N5O2/c1-4-5-6-12(15(21)22)16-13-7-8-14(18-17-13)20-11(3)9-10(2)19-20/h7-9,12H,4-6H2,1-3H3,(H,16,17)(H,21,22)/t12-/m0/s1. The van der Waals surface area contributed by atoms with Gasteiger partial charge >= 0.3 is 5.97 Å². The number of nitrogens with zero attached hydrogens (tertiary/aromatic N) is 4. The molecular weight excluding hydrogens is 282 g/mol. The molecule has 0 aromatic carbocycles. The van der Waals surface area contributed by atoms with Crippen LogP contribution in [0.3, 0.4) is 0 Å². The van der Waals surface area contributed by atoms with E-state index < -0.39 is 12.0 Å². The van der Waals surface area contributed by atoms with Crippen molar-refractivity contribution in [3.8, 4) is 5.82 Å². The van der Waals surface area contributed by atoms with Gasteiger partial charge in [0, 0.05) is 5.69 Å². The summed E-state index contributed by atoms with van der Waals surface area (Å²) < 4.78 is 1.71. The normalized spacial score (nSPS) is 12.1. The predicted octanol–water partition coefficient (Wildman–Crippen LogP) is 2.33. The number of carboxylic acids is 1. The van der Waals surface area contributed by atoms with E-state index in [9.17, 15) is 9.90 Å². The molecule has 0 saturated carbocycles. The first kappa shape index (κ1) is 15.9. The Morgan fingerprint density at radius 1 is 1.36 bits per heavy atom. The van der Waals surface area contributed by atoms with Crippen LogP contribution >= 0.6 is 0 Å². The molecule has 0 spiro atoms. The maximum Gasteiger partial charge on any atom is 0.326 e. The monoisotopic (exact) mass is 303 g/mol. The van der Waals surface area contributed by atoms with E-state index >= 15 is 0 Å². The van der Waals surface area contributed by atoms with Gasteiger partial charge in [0.1, 0.15) is 11.9 Å². The second kappa shape index (κ2) is 7.02. The highest BCUT2D eigenvalue weighted by atomic mass is 16.4. The highest BCUT2D eigenvalue weighted by molar-refractivity contribution is 5.76. The van der Waals surface area contributed by atoms with Gasteiger partial charge in [-0.2, -0.15) is 5.10 Å². The predicted molar refractivity (Wildman–Crippen MR) is 83.2 cm³/mol. The minimum absolute atomic E-state index is 0.453. The average molecular weight is 303 g/mol. The molecule has 7 nitrogen and oxygen atoms in total. The lowest BCUT2D eigenvalue weighted by molar-refractivity contribution is -0.138. The van der Waals surface area contributed by atoms with Crippen molar-refractivity contribution < 1.29 is 9.90 Å². The number of aryl methyl sites for hydroxylation is 2. The molecule has 2 aromatic heterocycles. The fourth-order valence-corrected chi connectivity index (χ4v) is 2.22. The summed E-state index contributed by atoms with van der Waals surface area (Å²) in [5.41, 5.74) is 1.88. The van der Waals surface area contributed by atoms with Gasteiger partial charge in [-0.15, -0.1) is 10.2 Å². The molecule has 22 heavy (non-hydrogen) atoms. The third-order valence-electron chi connectivity index (χ3n) is 3.34. The van der Waals surface area contributed by atoms with Crippen molar-refractivity contribution in [1.29, 1.82) is 0 Å². The maximum atomic E-state index is 11.2. The summed E-state index contributed by atoms with van der Waals surface area (Å²) in [7, 11) is 0. The fourth-order valence-electron chi connectivity index (χ4n) is 2.22. The molecule has 118 valence electrons. The van der Waals surface area contributed by atoms with Crippen LogP contribution in [0.15, 0.2) is 18.2 Å². The van der Waals surface area contributed by atoms with Crippen molar-refractivity contribution in [2.75, 3.05) is 5.32 Å². The molecule has 0 aliphatic rings. The number of hydrogen-bond acceptors (Lipinski definition) is 5. The lowest BCUT2D eigenvalue weighted by Gasteiger charge is -2.14. The molecule has 0 aliphatic carbocycles. The Morgan fingerprint density at radius 2 is 2.14 bits per heavy atom. The van der Waals surface area contributed by atoms with Crippen molar-refractivity contribution >= 4 is 11.8 Å². The first-order valence-electron chi connectivity index (χ1n) is 7.38. The Labute approximate surface area is 129 Å². The van der Waals surface area contributed by atoms with Gasteiger partial charge in [0.25, 0.3) is 0 Å². The quantitative estimate of drug-likeness (QED) is 0.815. The second-order valence-corrected chi connectivity index (χ2v) is 5.29. The van der Waals surface area contributed by atoms with E-state index in [1.165, 1.54) is 0 Å². The Bertz CT molecular complexity index is 636. The lowest BCUT2D eigenvalue weighted by atomic mass is 10.1. The zero-order chi connectivity index (χ0) is 16.1. The van der Waals surface area contributed by atoms with Crippen LogP contribution in [-0.4, -0.2) is 37.1 Å². The summed E-state index contributed by atoms with van der Waals surface area (Å²) in [5, 5.41) is 24.6. The van der Waals surface area contributed by atoms with Gasteiger partial charge in [-0.25, -0.2) is 9.48 Å². The molecule has 2 heterocycles. The van der Waals surface area contributed by atoms with Gasteiger partial charge in [0.05, 0.1) is 5.69 Å². The Kier molecular flexibility index (Phi) is 5.08. The largest absolute Gasteiger partial charge is 0.480 e. The van der Waals surface area contributed by atoms with E-state index in [4.69, 9.17) is 0 Å². The molecule has 0 fully saturated rings. The van der Waals surface area contributed by atoms with Gasteiger partial charge in [-0.1, -0.05) is 19.8 Å². The Morgan fingerprint density at radius 3 is 2.64 bits per heavy atom. The van der Waals surface area contributed by atoms with Crippen LogP contribution in [0.1, 0.15) is 37.6 Å². The summed E-state index contributed by atoms with van der Waals surface area (Å²) in [6, 6.07) is 4.81. The van der Waals surface area contributed by atoms with Crippen LogP contribution in [-0.2, 0) is 4.79 Å². The van der Waals surface area contributed by atoms with Crippen molar-refractivity contribution in [2.45, 2.75) is 46.1 Å². The third kappa shape index (κ3) is 3.81. The molecule has 2 aromatic rings. The summed E-state index contributed by atoms with van der Waals surface area (Å²) in [6.45, 7) is 5.89. The van der Waals surface area contributed by atoms with Crippen LogP contribution in [0.4, 0.5) is 5.82 Å². The molecule has 2 rings (SSSR count). The lowest BCUT2D eigenvalue weighted by Crippen LogP contribution is -2.29. The molecule has 0 saturated heterocycles. The highest BCUT2D eigenvalue weighted by Gasteiger charge is 2.17. The number of hydrogen-bond donors (Lipinski definition) is 2. The first-order chi connectivity index (χ1) is 10.5. The first-order valence-corrected chi connectivity index (χ1v) is 7.38.